The van der Waals surface area contributed by atoms with Gasteiger partial charge in [-0.15, -0.1) is 0 Å². The number of anilines is 1. The van der Waals surface area contributed by atoms with Crippen molar-refractivity contribution in [3.8, 4) is 17.2 Å². The maximum atomic E-state index is 12.5. The molecular formula is C19H11Cl2I2NO3. The van der Waals surface area contributed by atoms with E-state index in [-0.39, 0.29) is 11.3 Å². The number of amides is 1. The molecule has 3 rings (SSSR count). The Balaban J connectivity index is 1.73. The van der Waals surface area contributed by atoms with Crippen LogP contribution in [0.15, 0.2) is 54.6 Å². The molecule has 3 aromatic carbocycles. The lowest BCUT2D eigenvalue weighted by Gasteiger charge is -2.11. The Morgan fingerprint density at radius 3 is 2.11 bits per heavy atom. The Bertz CT molecular complexity index is 993. The van der Waals surface area contributed by atoms with Crippen LogP contribution in [0.2, 0.25) is 10.0 Å². The largest absolute Gasteiger partial charge is 0.506 e. The van der Waals surface area contributed by atoms with Gasteiger partial charge in [0.1, 0.15) is 17.2 Å². The van der Waals surface area contributed by atoms with Crippen LogP contribution in [0.25, 0.3) is 0 Å². The second-order valence-electron chi connectivity index (χ2n) is 5.42. The van der Waals surface area contributed by atoms with E-state index in [0.717, 1.165) is 0 Å². The average molecular weight is 626 g/mol. The second-order valence-corrected chi connectivity index (χ2v) is 8.47. The lowest BCUT2D eigenvalue weighted by atomic mass is 10.2. The van der Waals surface area contributed by atoms with Crippen LogP contribution >= 0.6 is 68.4 Å². The molecule has 0 fully saturated rings. The summed E-state index contributed by atoms with van der Waals surface area (Å²) in [4.78, 5) is 12.5. The van der Waals surface area contributed by atoms with Gasteiger partial charge in [-0.05, 0) is 99.8 Å². The van der Waals surface area contributed by atoms with E-state index in [0.29, 0.717) is 34.4 Å². The zero-order valence-electron chi connectivity index (χ0n) is 13.5. The summed E-state index contributed by atoms with van der Waals surface area (Å²) in [5, 5.41) is 14.0. The monoisotopic (exact) mass is 625 g/mol. The first-order valence-electron chi connectivity index (χ1n) is 7.56. The van der Waals surface area contributed by atoms with Crippen LogP contribution < -0.4 is 10.1 Å². The van der Waals surface area contributed by atoms with Crippen LogP contribution in [0.1, 0.15) is 10.4 Å². The van der Waals surface area contributed by atoms with Crippen LogP contribution in [-0.2, 0) is 0 Å². The molecule has 27 heavy (non-hydrogen) atoms. The number of aromatic hydroxyl groups is 1. The smallest absolute Gasteiger partial charge is 0.259 e. The van der Waals surface area contributed by atoms with Gasteiger partial charge in [0.25, 0.3) is 5.91 Å². The summed E-state index contributed by atoms with van der Waals surface area (Å²) >= 11 is 15.9. The average Bonchev–Trinajstić information content (AvgIpc) is 2.66. The first-order chi connectivity index (χ1) is 12.8. The number of ether oxygens (including phenoxy) is 1. The highest BCUT2D eigenvalue weighted by Gasteiger charge is 2.18. The SMILES string of the molecule is O=C(Nc1ccc(Oc2ccc(Cl)cc2)cc1)c1cc(I)c(Cl)c(I)c1O. The summed E-state index contributed by atoms with van der Waals surface area (Å²) in [6, 6.07) is 15.5. The highest BCUT2D eigenvalue weighted by molar-refractivity contribution is 14.1. The Morgan fingerprint density at radius 1 is 0.963 bits per heavy atom. The van der Waals surface area contributed by atoms with Crippen LogP contribution in [-0.4, -0.2) is 11.0 Å². The van der Waals surface area contributed by atoms with E-state index in [4.69, 9.17) is 27.9 Å². The molecule has 0 atom stereocenters. The highest BCUT2D eigenvalue weighted by Crippen LogP contribution is 2.35. The predicted molar refractivity (Wildman–Crippen MR) is 124 cm³/mol. The molecule has 0 saturated carbocycles. The van der Waals surface area contributed by atoms with Gasteiger partial charge in [-0.1, -0.05) is 23.2 Å². The zero-order valence-corrected chi connectivity index (χ0v) is 19.3. The fraction of sp³-hybridized carbons (Fsp3) is 0. The molecule has 0 heterocycles. The molecule has 0 radical (unpaired) electrons. The van der Waals surface area contributed by atoms with Crippen LogP contribution in [0.3, 0.4) is 0 Å². The van der Waals surface area contributed by atoms with E-state index in [1.807, 2.05) is 45.2 Å². The predicted octanol–water partition coefficient (Wildman–Crippen LogP) is 6.95. The summed E-state index contributed by atoms with van der Waals surface area (Å²) < 4.78 is 6.84. The van der Waals surface area contributed by atoms with Gasteiger partial charge in [0.15, 0.2) is 0 Å². The number of carbonyl (C=O) groups is 1. The van der Waals surface area contributed by atoms with Crippen molar-refractivity contribution in [1.29, 1.82) is 0 Å². The van der Waals surface area contributed by atoms with Crippen molar-refractivity contribution in [1.82, 2.24) is 0 Å². The summed E-state index contributed by atoms with van der Waals surface area (Å²) in [6.45, 7) is 0. The fourth-order valence-corrected chi connectivity index (χ4v) is 4.15. The number of phenols is 1. The molecule has 2 N–H and O–H groups in total. The Labute approximate surface area is 193 Å². The Kier molecular flexibility index (Phi) is 6.72. The van der Waals surface area contributed by atoms with Crippen LogP contribution in [0, 0.1) is 7.14 Å². The first-order valence-corrected chi connectivity index (χ1v) is 10.5. The Hall–Kier alpha value is -1.23. The molecule has 0 spiro atoms. The number of phenolic OH excluding ortho intramolecular Hbond substituents is 1. The summed E-state index contributed by atoms with van der Waals surface area (Å²) in [7, 11) is 0. The van der Waals surface area contributed by atoms with Crippen molar-refractivity contribution < 1.29 is 14.6 Å². The minimum Gasteiger partial charge on any atom is -0.506 e. The summed E-state index contributed by atoms with van der Waals surface area (Å²) in [5.74, 6) is 0.716. The maximum absolute atomic E-state index is 12.5. The van der Waals surface area contributed by atoms with Gasteiger partial charge >= 0.3 is 0 Å². The van der Waals surface area contributed by atoms with Crippen LogP contribution in [0.4, 0.5) is 5.69 Å². The number of carbonyl (C=O) groups excluding carboxylic acids is 1. The number of nitrogens with one attached hydrogen (secondary N) is 1. The van der Waals surface area contributed by atoms with Gasteiger partial charge in [0.05, 0.1) is 14.2 Å². The lowest BCUT2D eigenvalue weighted by Crippen LogP contribution is -2.13. The summed E-state index contributed by atoms with van der Waals surface area (Å²) in [6.07, 6.45) is 0. The first kappa shape index (κ1) is 20.5. The zero-order chi connectivity index (χ0) is 19.6. The van der Waals surface area contributed by atoms with E-state index in [2.05, 4.69) is 5.32 Å². The molecular weight excluding hydrogens is 615 g/mol. The number of benzene rings is 3. The number of rotatable bonds is 4. The van der Waals surface area contributed by atoms with Gasteiger partial charge in [-0.3, -0.25) is 4.79 Å². The van der Waals surface area contributed by atoms with E-state index >= 15 is 0 Å². The standard InChI is InChI=1S/C19H11Cl2I2NO3/c20-10-1-5-12(6-2-10)27-13-7-3-11(4-8-13)24-19(26)14-9-15(22)16(21)17(23)18(14)25/h1-9,25H,(H,24,26). The minimum absolute atomic E-state index is 0.138. The van der Waals surface area contributed by atoms with Crippen molar-refractivity contribution in [3.05, 3.63) is 77.3 Å². The lowest BCUT2D eigenvalue weighted by molar-refractivity contribution is 0.102. The van der Waals surface area contributed by atoms with Gasteiger partial charge in [0, 0.05) is 14.3 Å². The molecule has 0 saturated heterocycles. The van der Waals surface area contributed by atoms with Crippen molar-refractivity contribution in [2.75, 3.05) is 5.32 Å². The third-order valence-corrected chi connectivity index (χ3v) is 6.73. The summed E-state index contributed by atoms with van der Waals surface area (Å²) in [5.41, 5.74) is 0.734. The van der Waals surface area contributed by atoms with Crippen molar-refractivity contribution in [2.45, 2.75) is 0 Å². The third kappa shape index (κ3) is 4.98. The molecule has 0 aliphatic heterocycles. The quantitative estimate of drug-likeness (QED) is 0.244. The molecule has 0 bridgehead atoms. The normalized spacial score (nSPS) is 10.5. The molecule has 0 aliphatic rings. The van der Waals surface area contributed by atoms with Gasteiger partial charge < -0.3 is 15.2 Å². The minimum atomic E-state index is -0.425. The molecule has 0 unspecified atom stereocenters. The van der Waals surface area contributed by atoms with Gasteiger partial charge in [-0.2, -0.15) is 0 Å². The maximum Gasteiger partial charge on any atom is 0.259 e. The fourth-order valence-electron chi connectivity index (χ4n) is 2.20. The third-order valence-electron chi connectivity index (χ3n) is 3.54. The van der Waals surface area contributed by atoms with Crippen molar-refractivity contribution >= 4 is 80.0 Å². The Morgan fingerprint density at radius 2 is 1.52 bits per heavy atom. The van der Waals surface area contributed by atoms with E-state index < -0.39 is 5.91 Å². The van der Waals surface area contributed by atoms with E-state index in [1.54, 1.807) is 54.6 Å². The van der Waals surface area contributed by atoms with E-state index in [1.165, 1.54) is 0 Å². The number of hydrogen-bond donors (Lipinski definition) is 2. The van der Waals surface area contributed by atoms with Crippen molar-refractivity contribution in [2.24, 2.45) is 0 Å². The van der Waals surface area contributed by atoms with Crippen molar-refractivity contribution in [3.63, 3.8) is 0 Å². The highest BCUT2D eigenvalue weighted by atomic mass is 127. The topological polar surface area (TPSA) is 58.6 Å². The van der Waals surface area contributed by atoms with E-state index in [9.17, 15) is 9.90 Å². The molecule has 138 valence electrons. The molecule has 8 heteroatoms. The second kappa shape index (κ2) is 8.85. The molecule has 1 amide bonds. The molecule has 4 nitrogen and oxygen atoms in total. The molecule has 0 aromatic heterocycles. The van der Waals surface area contributed by atoms with Crippen LogP contribution in [0.5, 0.6) is 17.2 Å². The number of halogens is 4. The van der Waals surface area contributed by atoms with Gasteiger partial charge in [0.2, 0.25) is 0 Å². The molecule has 0 aliphatic carbocycles. The number of hydrogen-bond acceptors (Lipinski definition) is 3. The molecule has 3 aromatic rings. The van der Waals surface area contributed by atoms with Gasteiger partial charge in [-0.25, -0.2) is 0 Å².